The molecule has 1 aliphatic rings. The molecule has 41 heavy (non-hydrogen) atoms. The van der Waals surface area contributed by atoms with Crippen LogP contribution in [0, 0.1) is 16.9 Å². The van der Waals surface area contributed by atoms with Crippen molar-refractivity contribution in [3.63, 3.8) is 0 Å². The van der Waals surface area contributed by atoms with E-state index in [1.165, 1.54) is 36.7 Å². The van der Waals surface area contributed by atoms with Crippen LogP contribution in [-0.2, 0) is 9.59 Å². The van der Waals surface area contributed by atoms with Gasteiger partial charge < -0.3 is 30.0 Å². The molecule has 3 aromatic rings. The van der Waals surface area contributed by atoms with Crippen molar-refractivity contribution in [3.8, 4) is 5.75 Å². The molecule has 2 heterocycles. The first-order valence-electron chi connectivity index (χ1n) is 12.7. The number of halogens is 1. The van der Waals surface area contributed by atoms with Crippen molar-refractivity contribution in [1.29, 1.82) is 0 Å². The van der Waals surface area contributed by atoms with Gasteiger partial charge in [-0.2, -0.15) is 4.73 Å². The first-order chi connectivity index (χ1) is 19.6. The highest BCUT2D eigenvalue weighted by Gasteiger charge is 2.27. The van der Waals surface area contributed by atoms with Crippen molar-refractivity contribution in [3.05, 3.63) is 95.2 Å². The maximum absolute atomic E-state index is 13.4. The van der Waals surface area contributed by atoms with Crippen molar-refractivity contribution in [2.75, 3.05) is 38.2 Å². The molecule has 1 aromatic heterocycles. The van der Waals surface area contributed by atoms with E-state index in [1.807, 2.05) is 18.2 Å². The summed E-state index contributed by atoms with van der Waals surface area (Å²) < 4.78 is 19.3. The van der Waals surface area contributed by atoms with Crippen LogP contribution in [0.3, 0.4) is 0 Å². The average molecular weight is 568 g/mol. The van der Waals surface area contributed by atoms with Gasteiger partial charge in [-0.15, -0.1) is 0 Å². The molecule has 216 valence electrons. The largest absolute Gasteiger partial charge is 0.619 e. The summed E-state index contributed by atoms with van der Waals surface area (Å²) in [5, 5.41) is 26.2. The molecule has 1 saturated heterocycles. The fourth-order valence-corrected chi connectivity index (χ4v) is 4.41. The first-order valence-corrected chi connectivity index (χ1v) is 12.7. The maximum atomic E-state index is 13.4. The summed E-state index contributed by atoms with van der Waals surface area (Å²) in [6.07, 6.45) is 4.02. The third kappa shape index (κ3) is 8.57. The molecule has 0 atom stereocenters. The highest BCUT2D eigenvalue weighted by molar-refractivity contribution is 6.27. The van der Waals surface area contributed by atoms with E-state index < -0.39 is 11.9 Å². The number of pyridine rings is 1. The quantitative estimate of drug-likeness (QED) is 0.181. The summed E-state index contributed by atoms with van der Waals surface area (Å²) in [7, 11) is 1.56. The lowest BCUT2D eigenvalue weighted by Gasteiger charge is -2.33. The number of carbonyl (C=O) groups is 4. The number of piperidine rings is 1. The van der Waals surface area contributed by atoms with E-state index in [4.69, 9.17) is 24.5 Å². The Morgan fingerprint density at radius 2 is 1.54 bits per heavy atom. The molecular formula is C29H30FN3O8. The van der Waals surface area contributed by atoms with Gasteiger partial charge in [0, 0.05) is 36.7 Å². The lowest BCUT2D eigenvalue weighted by molar-refractivity contribution is -0.605. The number of carboxylic acids is 2. The molecule has 0 aliphatic carbocycles. The highest BCUT2D eigenvalue weighted by Crippen LogP contribution is 2.29. The molecule has 1 amide bonds. The van der Waals surface area contributed by atoms with Crippen LogP contribution in [0.4, 0.5) is 10.1 Å². The average Bonchev–Trinajstić information content (AvgIpc) is 2.98. The summed E-state index contributed by atoms with van der Waals surface area (Å²) in [6.45, 7) is 2.50. The number of Topliss-reactive ketones (excluding diaryl/α,β-unsaturated/α-hetero) is 1. The number of para-hydroxylation sites is 2. The third-order valence-electron chi connectivity index (χ3n) is 6.58. The van der Waals surface area contributed by atoms with Gasteiger partial charge in [0.2, 0.25) is 0 Å². The van der Waals surface area contributed by atoms with Crippen molar-refractivity contribution in [2.24, 2.45) is 5.92 Å². The molecule has 1 aliphatic heterocycles. The Morgan fingerprint density at radius 1 is 0.951 bits per heavy atom. The van der Waals surface area contributed by atoms with Crippen molar-refractivity contribution < 1.29 is 43.2 Å². The van der Waals surface area contributed by atoms with E-state index in [9.17, 15) is 19.2 Å². The molecule has 0 radical (unpaired) electrons. The van der Waals surface area contributed by atoms with Gasteiger partial charge in [-0.1, -0.05) is 12.1 Å². The molecule has 11 nitrogen and oxygen atoms in total. The summed E-state index contributed by atoms with van der Waals surface area (Å²) in [5.41, 5.74) is 1.60. The standard InChI is InChI=1S/C27H28FN3O4.C2H2O4/c1-35-25-5-3-2-4-24(25)31(27(33)22-12-16-30(34)17-13-22)19-18-29-14-10-21(11-15-29)26(32)20-6-8-23(28)9-7-20;3-1(4)2(5)6/h2-9,12-13,16-17,21H,10-11,14-15,18-19H2,1H3;(H,3,4)(H,5,6). The van der Waals surface area contributed by atoms with Gasteiger partial charge in [0.25, 0.3) is 5.91 Å². The normalized spacial score (nSPS) is 13.4. The fourth-order valence-electron chi connectivity index (χ4n) is 4.41. The Morgan fingerprint density at radius 3 is 2.10 bits per heavy atom. The molecular weight excluding hydrogens is 537 g/mol. The van der Waals surface area contributed by atoms with Gasteiger partial charge in [-0.05, 0) is 62.3 Å². The first kappa shape index (κ1) is 30.7. The fraction of sp³-hybridized carbons (Fsp3) is 0.276. The molecule has 0 unspecified atom stereocenters. The van der Waals surface area contributed by atoms with E-state index in [-0.39, 0.29) is 23.4 Å². The number of ketones is 1. The van der Waals surface area contributed by atoms with Crippen molar-refractivity contribution in [2.45, 2.75) is 12.8 Å². The predicted octanol–water partition coefficient (Wildman–Crippen LogP) is 2.87. The van der Waals surface area contributed by atoms with Crippen LogP contribution in [0.25, 0.3) is 0 Å². The van der Waals surface area contributed by atoms with Crippen LogP contribution in [0.5, 0.6) is 5.75 Å². The zero-order valence-corrected chi connectivity index (χ0v) is 22.3. The lowest BCUT2D eigenvalue weighted by Crippen LogP contribution is -2.43. The van der Waals surface area contributed by atoms with Gasteiger partial charge in [-0.3, -0.25) is 9.59 Å². The number of nitrogens with zero attached hydrogens (tertiary/aromatic N) is 3. The van der Waals surface area contributed by atoms with Gasteiger partial charge in [-0.25, -0.2) is 14.0 Å². The number of ether oxygens (including phenoxy) is 1. The zero-order valence-electron chi connectivity index (χ0n) is 22.3. The number of amides is 1. The zero-order chi connectivity index (χ0) is 29.9. The van der Waals surface area contributed by atoms with Crippen LogP contribution in [0.1, 0.15) is 33.6 Å². The number of hydrogen-bond acceptors (Lipinski definition) is 7. The van der Waals surface area contributed by atoms with Crippen LogP contribution in [-0.4, -0.2) is 72.0 Å². The van der Waals surface area contributed by atoms with Crippen LogP contribution in [0.15, 0.2) is 73.1 Å². The van der Waals surface area contributed by atoms with Crippen LogP contribution < -0.4 is 14.4 Å². The van der Waals surface area contributed by atoms with Gasteiger partial charge >= 0.3 is 11.9 Å². The monoisotopic (exact) mass is 567 g/mol. The van der Waals surface area contributed by atoms with Gasteiger partial charge in [0.15, 0.2) is 18.2 Å². The minimum atomic E-state index is -1.82. The molecule has 4 rings (SSSR count). The number of methoxy groups -OCH3 is 1. The minimum Gasteiger partial charge on any atom is -0.619 e. The molecule has 1 fully saturated rings. The minimum absolute atomic E-state index is 0.0511. The Bertz CT molecular complexity index is 1350. The maximum Gasteiger partial charge on any atom is 0.414 e. The number of carbonyl (C=O) groups excluding carboxylic acids is 2. The van der Waals surface area contributed by atoms with E-state index in [0.717, 1.165) is 13.1 Å². The summed E-state index contributed by atoms with van der Waals surface area (Å²) >= 11 is 0. The second kappa shape index (κ2) is 14.5. The number of benzene rings is 2. The Hall–Kier alpha value is -4.84. The summed E-state index contributed by atoms with van der Waals surface area (Å²) in [4.78, 5) is 48.3. The number of likely N-dealkylation sites (tertiary alicyclic amines) is 1. The molecule has 0 bridgehead atoms. The second-order valence-electron chi connectivity index (χ2n) is 9.17. The van der Waals surface area contributed by atoms with Crippen LogP contribution in [0.2, 0.25) is 0 Å². The Balaban J connectivity index is 0.000000696. The molecule has 12 heteroatoms. The van der Waals surface area contributed by atoms with Crippen LogP contribution >= 0.6 is 0 Å². The SMILES string of the molecule is COc1ccccc1N(CCN1CCC(C(=O)c2ccc(F)cc2)CC1)C(=O)c1cc[n+]([O-])cc1.O=C(O)C(=O)O. The third-order valence-corrected chi connectivity index (χ3v) is 6.58. The van der Waals surface area contributed by atoms with Crippen molar-refractivity contribution >= 4 is 29.3 Å². The Kier molecular flexibility index (Phi) is 10.9. The molecule has 0 spiro atoms. The van der Waals surface area contributed by atoms with E-state index in [1.54, 1.807) is 30.2 Å². The lowest BCUT2D eigenvalue weighted by atomic mass is 9.89. The predicted molar refractivity (Wildman–Crippen MR) is 145 cm³/mol. The molecule has 0 saturated carbocycles. The van der Waals surface area contributed by atoms with E-state index in [2.05, 4.69) is 4.90 Å². The Labute approximate surface area is 235 Å². The number of anilines is 1. The number of hydrogen-bond donors (Lipinski definition) is 2. The van der Waals surface area contributed by atoms with Gasteiger partial charge in [0.05, 0.1) is 18.4 Å². The number of carboxylic acid groups (broad SMARTS) is 2. The van der Waals surface area contributed by atoms with Crippen molar-refractivity contribution in [1.82, 2.24) is 4.90 Å². The number of rotatable bonds is 8. The van der Waals surface area contributed by atoms with Gasteiger partial charge in [0.1, 0.15) is 11.6 Å². The molecule has 2 N–H and O–H groups in total. The highest BCUT2D eigenvalue weighted by atomic mass is 19.1. The van der Waals surface area contributed by atoms with E-state index in [0.29, 0.717) is 53.2 Å². The summed E-state index contributed by atoms with van der Waals surface area (Å²) in [6, 6.07) is 16.0. The smallest absolute Gasteiger partial charge is 0.414 e. The molecule has 2 aromatic carbocycles. The van der Waals surface area contributed by atoms with E-state index >= 15 is 0 Å². The number of aromatic nitrogens is 1. The topological polar surface area (TPSA) is 151 Å². The second-order valence-corrected chi connectivity index (χ2v) is 9.17. The number of aliphatic carboxylic acids is 2. The summed E-state index contributed by atoms with van der Waals surface area (Å²) in [5.74, 6) is -3.68.